The number of aromatic nitrogens is 4. The molecule has 0 spiro atoms. The molecule has 1 N–H and O–H groups in total. The Bertz CT molecular complexity index is 1090. The van der Waals surface area contributed by atoms with Gasteiger partial charge in [-0.05, 0) is 44.9 Å². The highest BCUT2D eigenvalue weighted by Crippen LogP contribution is 2.29. The van der Waals surface area contributed by atoms with Gasteiger partial charge in [-0.2, -0.15) is 0 Å². The summed E-state index contributed by atoms with van der Waals surface area (Å²) >= 11 is 0. The van der Waals surface area contributed by atoms with E-state index < -0.39 is 0 Å². The average molecular weight is 463 g/mol. The fraction of sp³-hybridized carbons (Fsp3) is 0.455. The largest absolute Gasteiger partial charge is 0.339 e. The van der Waals surface area contributed by atoms with Crippen LogP contribution in [0.25, 0.3) is 10.9 Å². The predicted molar refractivity (Wildman–Crippen MR) is 125 cm³/mol. The molecule has 0 aliphatic carbocycles. The lowest BCUT2D eigenvalue weighted by Crippen LogP contribution is -2.39. The van der Waals surface area contributed by atoms with Crippen LogP contribution in [0, 0.1) is 13.8 Å². The number of carbonyl (C=O) groups is 1. The summed E-state index contributed by atoms with van der Waals surface area (Å²) in [6, 6.07) is 8.17. The highest BCUT2D eigenvalue weighted by atomic mass is 35.5. The third-order valence-corrected chi connectivity index (χ3v) is 6.19. The van der Waals surface area contributed by atoms with E-state index in [1.807, 2.05) is 24.0 Å². The van der Waals surface area contributed by atoms with Gasteiger partial charge in [-0.15, -0.1) is 35.0 Å². The summed E-state index contributed by atoms with van der Waals surface area (Å²) in [5.41, 5.74) is 3.63. The molecule has 0 atom stereocenters. The van der Waals surface area contributed by atoms with E-state index in [1.54, 1.807) is 0 Å². The summed E-state index contributed by atoms with van der Waals surface area (Å²) in [6.45, 7) is 8.16. The molecule has 0 radical (unpaired) electrons. The number of nitrogens with zero attached hydrogens (tertiary/aromatic N) is 5. The topological polar surface area (TPSA) is 75.9 Å². The van der Waals surface area contributed by atoms with Crippen LogP contribution in [-0.2, 0) is 13.1 Å². The first-order chi connectivity index (χ1) is 14.1. The number of nitrogens with one attached hydrogen (secondary N) is 1. The first kappa shape index (κ1) is 23.4. The zero-order valence-electron chi connectivity index (χ0n) is 17.8. The van der Waals surface area contributed by atoms with Crippen molar-refractivity contribution in [3.05, 3.63) is 52.7 Å². The molecule has 31 heavy (non-hydrogen) atoms. The molecule has 2 aliphatic rings. The van der Waals surface area contributed by atoms with Crippen molar-refractivity contribution in [2.75, 3.05) is 19.6 Å². The minimum atomic E-state index is 0. The lowest BCUT2D eigenvalue weighted by molar-refractivity contribution is 0.0709. The molecular weight excluding hydrogens is 435 g/mol. The number of piperidine rings is 1. The Morgan fingerprint density at radius 3 is 2.61 bits per heavy atom. The van der Waals surface area contributed by atoms with Gasteiger partial charge in [-0.25, -0.2) is 0 Å². The SMILES string of the molecule is Cc1ccc2nc(C)c(C(=O)N3CCC(c4nnc5n4CCNC5)CC3)cc2c1.Cl.Cl. The number of pyridine rings is 1. The van der Waals surface area contributed by atoms with Crippen molar-refractivity contribution in [2.24, 2.45) is 0 Å². The van der Waals surface area contributed by atoms with E-state index in [1.165, 1.54) is 5.56 Å². The van der Waals surface area contributed by atoms with Gasteiger partial charge in [0.05, 0.1) is 23.3 Å². The van der Waals surface area contributed by atoms with Crippen molar-refractivity contribution in [1.82, 2.24) is 30.0 Å². The van der Waals surface area contributed by atoms with Crippen LogP contribution in [0.3, 0.4) is 0 Å². The number of hydrogen-bond donors (Lipinski definition) is 1. The molecule has 2 aliphatic heterocycles. The number of carbonyl (C=O) groups excluding carboxylic acids is 1. The van der Waals surface area contributed by atoms with Gasteiger partial charge in [0.1, 0.15) is 11.6 Å². The second kappa shape index (κ2) is 9.51. The normalized spacial score (nSPS) is 16.4. The molecule has 0 saturated carbocycles. The molecule has 4 heterocycles. The number of benzene rings is 1. The third-order valence-electron chi connectivity index (χ3n) is 6.19. The fourth-order valence-electron chi connectivity index (χ4n) is 4.54. The van der Waals surface area contributed by atoms with Crippen LogP contribution in [0.4, 0.5) is 0 Å². The van der Waals surface area contributed by atoms with Crippen molar-refractivity contribution in [2.45, 2.75) is 45.7 Å². The lowest BCUT2D eigenvalue weighted by atomic mass is 9.95. The molecule has 2 aromatic heterocycles. The highest BCUT2D eigenvalue weighted by Gasteiger charge is 2.29. The van der Waals surface area contributed by atoms with Gasteiger partial charge in [0.25, 0.3) is 5.91 Å². The molecule has 7 nitrogen and oxygen atoms in total. The van der Waals surface area contributed by atoms with Crippen molar-refractivity contribution in [1.29, 1.82) is 0 Å². The predicted octanol–water partition coefficient (Wildman–Crippen LogP) is 3.41. The Labute approximate surface area is 194 Å². The minimum Gasteiger partial charge on any atom is -0.339 e. The first-order valence-corrected chi connectivity index (χ1v) is 10.4. The summed E-state index contributed by atoms with van der Waals surface area (Å²) < 4.78 is 2.26. The summed E-state index contributed by atoms with van der Waals surface area (Å²) in [5.74, 6) is 2.58. The number of likely N-dealkylation sites (tertiary alicyclic amines) is 1. The zero-order chi connectivity index (χ0) is 20.0. The number of hydrogen-bond acceptors (Lipinski definition) is 5. The van der Waals surface area contributed by atoms with E-state index in [2.05, 4.69) is 44.1 Å². The molecular formula is C22H28Cl2N6O. The summed E-state index contributed by atoms with van der Waals surface area (Å²) in [5, 5.41) is 13.2. The van der Waals surface area contributed by atoms with Crippen molar-refractivity contribution in [3.63, 3.8) is 0 Å². The Hall–Kier alpha value is -2.22. The van der Waals surface area contributed by atoms with Crippen LogP contribution >= 0.6 is 24.8 Å². The quantitative estimate of drug-likeness (QED) is 0.631. The summed E-state index contributed by atoms with van der Waals surface area (Å²) in [7, 11) is 0. The van der Waals surface area contributed by atoms with Gasteiger partial charge in [0.15, 0.2) is 0 Å². The number of fused-ring (bicyclic) bond motifs is 2. The molecule has 9 heteroatoms. The Balaban J connectivity index is 0.00000136. The molecule has 1 saturated heterocycles. The van der Waals surface area contributed by atoms with Crippen LogP contribution in [0.15, 0.2) is 24.3 Å². The van der Waals surface area contributed by atoms with E-state index in [4.69, 9.17) is 0 Å². The maximum atomic E-state index is 13.2. The average Bonchev–Trinajstić information content (AvgIpc) is 3.17. The molecule has 1 fully saturated rings. The van der Waals surface area contributed by atoms with Gasteiger partial charge in [-0.3, -0.25) is 9.78 Å². The smallest absolute Gasteiger partial charge is 0.255 e. The first-order valence-electron chi connectivity index (χ1n) is 10.4. The molecule has 166 valence electrons. The number of amides is 1. The molecule has 0 unspecified atom stereocenters. The van der Waals surface area contributed by atoms with Gasteiger partial charge < -0.3 is 14.8 Å². The van der Waals surface area contributed by atoms with Gasteiger partial charge >= 0.3 is 0 Å². The Morgan fingerprint density at radius 1 is 1.06 bits per heavy atom. The number of rotatable bonds is 2. The van der Waals surface area contributed by atoms with Crippen LogP contribution in [0.2, 0.25) is 0 Å². The van der Waals surface area contributed by atoms with Crippen molar-refractivity contribution < 1.29 is 4.79 Å². The molecule has 1 amide bonds. The second-order valence-electron chi connectivity index (χ2n) is 8.19. The van der Waals surface area contributed by atoms with Gasteiger partial charge in [0, 0.05) is 37.5 Å². The second-order valence-corrected chi connectivity index (χ2v) is 8.19. The fourth-order valence-corrected chi connectivity index (χ4v) is 4.54. The van der Waals surface area contributed by atoms with Crippen LogP contribution in [0.5, 0.6) is 0 Å². The van der Waals surface area contributed by atoms with E-state index in [9.17, 15) is 4.79 Å². The number of aryl methyl sites for hydroxylation is 2. The van der Waals surface area contributed by atoms with Crippen LogP contribution < -0.4 is 5.32 Å². The zero-order valence-corrected chi connectivity index (χ0v) is 19.4. The third kappa shape index (κ3) is 4.40. The van der Waals surface area contributed by atoms with Crippen molar-refractivity contribution >= 4 is 41.6 Å². The maximum Gasteiger partial charge on any atom is 0.255 e. The van der Waals surface area contributed by atoms with Gasteiger partial charge in [0.2, 0.25) is 0 Å². The number of halogens is 2. The monoisotopic (exact) mass is 462 g/mol. The van der Waals surface area contributed by atoms with E-state index in [-0.39, 0.29) is 30.7 Å². The molecule has 3 aromatic rings. The molecule has 1 aromatic carbocycles. The van der Waals surface area contributed by atoms with E-state index >= 15 is 0 Å². The molecule has 5 rings (SSSR count). The molecule has 0 bridgehead atoms. The lowest BCUT2D eigenvalue weighted by Gasteiger charge is -2.32. The van der Waals surface area contributed by atoms with E-state index in [0.29, 0.717) is 11.5 Å². The van der Waals surface area contributed by atoms with Crippen LogP contribution in [-0.4, -0.2) is 50.2 Å². The summed E-state index contributed by atoms with van der Waals surface area (Å²) in [6.07, 6.45) is 1.85. The Kier molecular flexibility index (Phi) is 7.19. The van der Waals surface area contributed by atoms with Crippen molar-refractivity contribution in [3.8, 4) is 0 Å². The highest BCUT2D eigenvalue weighted by molar-refractivity contribution is 5.98. The standard InChI is InChI=1S/C22H26N6O.2ClH/c1-14-3-4-19-17(11-14)12-18(15(2)24-19)22(29)27-8-5-16(6-9-27)21-26-25-20-13-23-7-10-28(20)21;;/h3-4,11-12,16,23H,5-10,13H2,1-2H3;2*1H. The Morgan fingerprint density at radius 2 is 1.84 bits per heavy atom. The maximum absolute atomic E-state index is 13.2. The summed E-state index contributed by atoms with van der Waals surface area (Å²) in [4.78, 5) is 19.9. The van der Waals surface area contributed by atoms with Gasteiger partial charge in [-0.1, -0.05) is 11.6 Å². The van der Waals surface area contributed by atoms with Crippen LogP contribution in [0.1, 0.15) is 52.0 Å². The minimum absolute atomic E-state index is 0. The van der Waals surface area contributed by atoms with E-state index in [0.717, 1.165) is 73.8 Å².